The van der Waals surface area contributed by atoms with Gasteiger partial charge in [-0.15, -0.1) is 0 Å². The van der Waals surface area contributed by atoms with Gasteiger partial charge in [0, 0.05) is 25.8 Å². The molecule has 18 heavy (non-hydrogen) atoms. The first kappa shape index (κ1) is 13.2. The lowest BCUT2D eigenvalue weighted by atomic mass is 10.2. The van der Waals surface area contributed by atoms with Crippen molar-refractivity contribution in [1.82, 2.24) is 0 Å². The number of hydrogen-bond donors (Lipinski definition) is 0. The van der Waals surface area contributed by atoms with Crippen molar-refractivity contribution in [2.45, 2.75) is 0 Å². The van der Waals surface area contributed by atoms with Gasteiger partial charge in [-0.1, -0.05) is 6.07 Å². The third kappa shape index (κ3) is 2.94. The Hall–Kier alpha value is -1.27. The highest BCUT2D eigenvalue weighted by molar-refractivity contribution is 7.92. The molecular weight excluding hydrogens is 252 g/mol. The zero-order valence-electron chi connectivity index (χ0n) is 10.7. The second kappa shape index (κ2) is 5.16. The zero-order valence-corrected chi connectivity index (χ0v) is 11.5. The van der Waals surface area contributed by atoms with Gasteiger partial charge in [0.15, 0.2) is 0 Å². The molecule has 0 radical (unpaired) electrons. The molecule has 1 fully saturated rings. The average molecular weight is 270 g/mol. The van der Waals surface area contributed by atoms with E-state index < -0.39 is 10.0 Å². The first-order valence-corrected chi connectivity index (χ1v) is 7.70. The largest absolute Gasteiger partial charge is 0.378 e. The Labute approximate surface area is 108 Å². The van der Waals surface area contributed by atoms with Gasteiger partial charge >= 0.3 is 0 Å². The average Bonchev–Trinajstić information content (AvgIpc) is 2.38. The van der Waals surface area contributed by atoms with Gasteiger partial charge in [0.25, 0.3) is 0 Å². The molecule has 1 saturated heterocycles. The molecule has 0 amide bonds. The summed E-state index contributed by atoms with van der Waals surface area (Å²) in [5.41, 5.74) is 1.72. The highest BCUT2D eigenvalue weighted by atomic mass is 32.2. The zero-order chi connectivity index (χ0) is 13.2. The van der Waals surface area contributed by atoms with Crippen LogP contribution in [-0.2, 0) is 14.8 Å². The van der Waals surface area contributed by atoms with Crippen molar-refractivity contribution in [3.63, 3.8) is 0 Å². The number of rotatable bonds is 3. The van der Waals surface area contributed by atoms with Crippen molar-refractivity contribution in [2.75, 3.05) is 48.8 Å². The van der Waals surface area contributed by atoms with Gasteiger partial charge in [-0.25, -0.2) is 8.42 Å². The van der Waals surface area contributed by atoms with Crippen LogP contribution in [0.2, 0.25) is 0 Å². The highest BCUT2D eigenvalue weighted by Gasteiger charge is 2.15. The molecule has 1 heterocycles. The van der Waals surface area contributed by atoms with Crippen LogP contribution in [0.1, 0.15) is 0 Å². The molecule has 0 spiro atoms. The predicted molar refractivity (Wildman–Crippen MR) is 72.7 cm³/mol. The van der Waals surface area contributed by atoms with Crippen LogP contribution in [0.4, 0.5) is 11.4 Å². The molecular formula is C12H18N2O3S. The number of anilines is 2. The van der Waals surface area contributed by atoms with Crippen molar-refractivity contribution >= 4 is 21.4 Å². The highest BCUT2D eigenvalue weighted by Crippen LogP contribution is 2.23. The Bertz CT molecular complexity index is 510. The van der Waals surface area contributed by atoms with Crippen LogP contribution in [0.25, 0.3) is 0 Å². The second-order valence-corrected chi connectivity index (χ2v) is 6.36. The monoisotopic (exact) mass is 270 g/mol. The van der Waals surface area contributed by atoms with E-state index in [1.807, 2.05) is 18.2 Å². The fraction of sp³-hybridized carbons (Fsp3) is 0.500. The fourth-order valence-electron chi connectivity index (χ4n) is 1.90. The summed E-state index contributed by atoms with van der Waals surface area (Å²) < 4.78 is 29.6. The van der Waals surface area contributed by atoms with Crippen LogP contribution in [0.15, 0.2) is 24.3 Å². The van der Waals surface area contributed by atoms with E-state index in [4.69, 9.17) is 4.74 Å². The molecule has 0 unspecified atom stereocenters. The molecule has 1 aliphatic rings. The smallest absolute Gasteiger partial charge is 0.231 e. The minimum absolute atomic E-state index is 0.682. The van der Waals surface area contributed by atoms with Crippen LogP contribution in [0.3, 0.4) is 0 Å². The minimum Gasteiger partial charge on any atom is -0.378 e. The summed E-state index contributed by atoms with van der Waals surface area (Å²) >= 11 is 0. The maximum Gasteiger partial charge on any atom is 0.231 e. The van der Waals surface area contributed by atoms with E-state index in [1.54, 1.807) is 13.1 Å². The van der Waals surface area contributed by atoms with E-state index in [0.29, 0.717) is 18.9 Å². The summed E-state index contributed by atoms with van der Waals surface area (Å²) in [5.74, 6) is 0. The Morgan fingerprint density at radius 2 is 1.94 bits per heavy atom. The van der Waals surface area contributed by atoms with Crippen molar-refractivity contribution in [3.8, 4) is 0 Å². The number of sulfonamides is 1. The number of hydrogen-bond acceptors (Lipinski definition) is 4. The molecule has 0 aromatic heterocycles. The van der Waals surface area contributed by atoms with E-state index in [0.717, 1.165) is 18.8 Å². The van der Waals surface area contributed by atoms with Crippen molar-refractivity contribution in [3.05, 3.63) is 24.3 Å². The van der Waals surface area contributed by atoms with E-state index in [2.05, 4.69) is 4.90 Å². The molecule has 0 saturated carbocycles. The van der Waals surface area contributed by atoms with Gasteiger partial charge < -0.3 is 9.64 Å². The molecule has 2 rings (SSSR count). The number of morpholine rings is 1. The Balaban J connectivity index is 2.24. The van der Waals surface area contributed by atoms with E-state index >= 15 is 0 Å². The van der Waals surface area contributed by atoms with Gasteiger partial charge in [-0.2, -0.15) is 0 Å². The first-order valence-electron chi connectivity index (χ1n) is 5.85. The van der Waals surface area contributed by atoms with Crippen LogP contribution in [0, 0.1) is 0 Å². The van der Waals surface area contributed by atoms with Crippen LogP contribution < -0.4 is 9.21 Å². The lowest BCUT2D eigenvalue weighted by Gasteiger charge is -2.29. The van der Waals surface area contributed by atoms with Crippen LogP contribution in [0.5, 0.6) is 0 Å². The van der Waals surface area contributed by atoms with Crippen molar-refractivity contribution in [1.29, 1.82) is 0 Å². The fourth-order valence-corrected chi connectivity index (χ4v) is 2.40. The molecule has 5 nitrogen and oxygen atoms in total. The summed E-state index contributed by atoms with van der Waals surface area (Å²) in [5, 5.41) is 0. The van der Waals surface area contributed by atoms with Crippen LogP contribution in [-0.4, -0.2) is 48.0 Å². The van der Waals surface area contributed by atoms with Crippen molar-refractivity contribution in [2.24, 2.45) is 0 Å². The normalized spacial score (nSPS) is 16.7. The molecule has 0 N–H and O–H groups in total. The third-order valence-corrected chi connectivity index (χ3v) is 4.27. The standard InChI is InChI=1S/C12H18N2O3S/c1-13(18(2,15)16)11-4-3-5-12(10-11)14-6-8-17-9-7-14/h3-5,10H,6-9H2,1-2H3. The maximum atomic E-state index is 11.5. The first-order chi connectivity index (χ1) is 8.48. The van der Waals surface area contributed by atoms with E-state index in [9.17, 15) is 8.42 Å². The van der Waals surface area contributed by atoms with Gasteiger partial charge in [-0.3, -0.25) is 4.31 Å². The molecule has 100 valence electrons. The maximum absolute atomic E-state index is 11.5. The lowest BCUT2D eigenvalue weighted by molar-refractivity contribution is 0.122. The van der Waals surface area contributed by atoms with E-state index in [1.165, 1.54) is 10.6 Å². The molecule has 1 aromatic carbocycles. The molecule has 6 heteroatoms. The lowest BCUT2D eigenvalue weighted by Crippen LogP contribution is -2.36. The molecule has 1 aliphatic heterocycles. The number of ether oxygens (including phenoxy) is 1. The Morgan fingerprint density at radius 3 is 2.56 bits per heavy atom. The Morgan fingerprint density at radius 1 is 1.28 bits per heavy atom. The van der Waals surface area contributed by atoms with Gasteiger partial charge in [0.1, 0.15) is 0 Å². The number of nitrogens with zero attached hydrogens (tertiary/aromatic N) is 2. The quantitative estimate of drug-likeness (QED) is 0.819. The molecule has 1 aromatic rings. The van der Waals surface area contributed by atoms with Gasteiger partial charge in [0.2, 0.25) is 10.0 Å². The minimum atomic E-state index is -3.21. The summed E-state index contributed by atoms with van der Waals surface area (Å²) in [6.07, 6.45) is 1.20. The molecule has 0 atom stereocenters. The summed E-state index contributed by atoms with van der Waals surface area (Å²) in [6, 6.07) is 7.56. The number of benzene rings is 1. The second-order valence-electron chi connectivity index (χ2n) is 4.35. The predicted octanol–water partition coefficient (Wildman–Crippen LogP) is 0.919. The molecule has 0 aliphatic carbocycles. The topological polar surface area (TPSA) is 49.9 Å². The summed E-state index contributed by atoms with van der Waals surface area (Å²) in [6.45, 7) is 3.11. The SMILES string of the molecule is CN(c1cccc(N2CCOCC2)c1)S(C)(=O)=O. The van der Waals surface area contributed by atoms with Gasteiger partial charge in [0.05, 0.1) is 25.2 Å². The summed E-state index contributed by atoms with van der Waals surface area (Å²) in [4.78, 5) is 2.20. The van der Waals surface area contributed by atoms with E-state index in [-0.39, 0.29) is 0 Å². The van der Waals surface area contributed by atoms with Crippen molar-refractivity contribution < 1.29 is 13.2 Å². The third-order valence-electron chi connectivity index (χ3n) is 3.07. The van der Waals surface area contributed by atoms with Crippen LogP contribution >= 0.6 is 0 Å². The Kier molecular flexibility index (Phi) is 3.77. The summed E-state index contributed by atoms with van der Waals surface area (Å²) in [7, 11) is -1.65. The van der Waals surface area contributed by atoms with Gasteiger partial charge in [-0.05, 0) is 18.2 Å². The molecule has 0 bridgehead atoms.